The highest BCUT2D eigenvalue weighted by Gasteiger charge is 2.12. The highest BCUT2D eigenvalue weighted by molar-refractivity contribution is 5.66. The Kier molecular flexibility index (Phi) is 5.65. The normalized spacial score (nSPS) is 11.1. The molecule has 33 heavy (non-hydrogen) atoms. The molecular formula is C25H21N5O3. The van der Waals surface area contributed by atoms with E-state index in [2.05, 4.69) is 32.6 Å². The Morgan fingerprint density at radius 3 is 2.55 bits per heavy atom. The molecule has 0 atom stereocenters. The van der Waals surface area contributed by atoms with Gasteiger partial charge >= 0.3 is 0 Å². The second kappa shape index (κ2) is 9.05. The fourth-order valence-corrected chi connectivity index (χ4v) is 3.54. The van der Waals surface area contributed by atoms with E-state index in [1.807, 2.05) is 31.3 Å². The first-order chi connectivity index (χ1) is 16.2. The number of hydrogen-bond donors (Lipinski definition) is 1. The summed E-state index contributed by atoms with van der Waals surface area (Å²) in [4.78, 5) is 21.3. The summed E-state index contributed by atoms with van der Waals surface area (Å²) in [6, 6.07) is 15.1. The predicted molar refractivity (Wildman–Crippen MR) is 123 cm³/mol. The Bertz CT molecular complexity index is 1420. The third kappa shape index (κ3) is 4.51. The molecule has 0 saturated carbocycles. The fourth-order valence-electron chi connectivity index (χ4n) is 3.54. The fraction of sp³-hybridized carbons (Fsp3) is 0.120. The van der Waals surface area contributed by atoms with E-state index in [0.717, 1.165) is 28.9 Å². The molecule has 0 aliphatic carbocycles. The standard InChI is InChI=1S/C25H21N5O3/c1-26-11-17-2-4-19(5-3-17)21-10-24(33-29-21)23-13-27-12-22(28-23)20-6-7-25(31)30(15-20)14-18-8-9-32-16-18/h2-10,12-13,15-16,26H,11,14H2,1H3. The summed E-state index contributed by atoms with van der Waals surface area (Å²) in [5, 5.41) is 7.33. The first-order valence-electron chi connectivity index (χ1n) is 10.4. The molecule has 1 N–H and O–H groups in total. The predicted octanol–water partition coefficient (Wildman–Crippen LogP) is 3.99. The van der Waals surface area contributed by atoms with E-state index in [1.165, 1.54) is 11.6 Å². The molecule has 8 heteroatoms. The molecule has 0 unspecified atom stereocenters. The van der Waals surface area contributed by atoms with Gasteiger partial charge in [0, 0.05) is 41.6 Å². The molecule has 0 spiro atoms. The van der Waals surface area contributed by atoms with Gasteiger partial charge in [0.1, 0.15) is 11.4 Å². The quantitative estimate of drug-likeness (QED) is 0.409. The van der Waals surface area contributed by atoms with Crippen LogP contribution in [-0.2, 0) is 13.1 Å². The summed E-state index contributed by atoms with van der Waals surface area (Å²) in [6.07, 6.45) is 8.26. The van der Waals surface area contributed by atoms with Crippen LogP contribution in [0.2, 0.25) is 0 Å². The number of nitrogens with one attached hydrogen (secondary N) is 1. The van der Waals surface area contributed by atoms with Crippen molar-refractivity contribution in [3.63, 3.8) is 0 Å². The maximum Gasteiger partial charge on any atom is 0.250 e. The van der Waals surface area contributed by atoms with Gasteiger partial charge in [0.15, 0.2) is 5.76 Å². The lowest BCUT2D eigenvalue weighted by atomic mass is 10.1. The zero-order chi connectivity index (χ0) is 22.6. The van der Waals surface area contributed by atoms with Crippen LogP contribution < -0.4 is 10.9 Å². The Labute approximate surface area is 189 Å². The van der Waals surface area contributed by atoms with Gasteiger partial charge in [-0.1, -0.05) is 29.4 Å². The Morgan fingerprint density at radius 2 is 1.76 bits per heavy atom. The first-order valence-corrected chi connectivity index (χ1v) is 10.4. The lowest BCUT2D eigenvalue weighted by Gasteiger charge is -2.07. The van der Waals surface area contributed by atoms with Gasteiger partial charge in [0.25, 0.3) is 5.56 Å². The lowest BCUT2D eigenvalue weighted by Crippen LogP contribution is -2.18. The number of hydrogen-bond acceptors (Lipinski definition) is 7. The van der Waals surface area contributed by atoms with Crippen molar-refractivity contribution in [1.29, 1.82) is 0 Å². The van der Waals surface area contributed by atoms with Crippen molar-refractivity contribution < 1.29 is 8.94 Å². The van der Waals surface area contributed by atoms with Crippen LogP contribution in [0.3, 0.4) is 0 Å². The van der Waals surface area contributed by atoms with Crippen LogP contribution in [0.4, 0.5) is 0 Å². The van der Waals surface area contributed by atoms with Crippen LogP contribution in [-0.4, -0.2) is 26.7 Å². The SMILES string of the molecule is CNCc1ccc(-c2cc(-c3cncc(-c4ccc(=O)n(Cc5ccoc5)c4)n3)on2)cc1. The van der Waals surface area contributed by atoms with Crippen LogP contribution in [0.15, 0.2) is 93.4 Å². The monoisotopic (exact) mass is 439 g/mol. The Morgan fingerprint density at radius 1 is 0.939 bits per heavy atom. The van der Waals surface area contributed by atoms with Gasteiger partial charge in [0.2, 0.25) is 0 Å². The number of rotatable bonds is 7. The summed E-state index contributed by atoms with van der Waals surface area (Å²) in [7, 11) is 1.92. The molecule has 0 aliphatic rings. The first kappa shape index (κ1) is 20.6. The average molecular weight is 439 g/mol. The molecule has 0 amide bonds. The molecule has 0 aliphatic heterocycles. The van der Waals surface area contributed by atoms with Gasteiger partial charge in [-0.2, -0.15) is 0 Å². The molecule has 0 bridgehead atoms. The van der Waals surface area contributed by atoms with Crippen molar-refractivity contribution >= 4 is 0 Å². The summed E-state index contributed by atoms with van der Waals surface area (Å²) in [5.41, 5.74) is 5.63. The van der Waals surface area contributed by atoms with Crippen LogP contribution in [0.5, 0.6) is 0 Å². The van der Waals surface area contributed by atoms with Crippen molar-refractivity contribution in [3.8, 4) is 34.0 Å². The van der Waals surface area contributed by atoms with Crippen LogP contribution in [0.25, 0.3) is 34.0 Å². The molecule has 4 aromatic heterocycles. The smallest absolute Gasteiger partial charge is 0.250 e. The minimum Gasteiger partial charge on any atom is -0.472 e. The third-order valence-corrected chi connectivity index (χ3v) is 5.24. The van der Waals surface area contributed by atoms with Gasteiger partial charge in [0.05, 0.1) is 37.2 Å². The van der Waals surface area contributed by atoms with Gasteiger partial charge < -0.3 is 18.8 Å². The second-order valence-corrected chi connectivity index (χ2v) is 7.61. The molecule has 8 nitrogen and oxygen atoms in total. The number of nitrogens with zero attached hydrogens (tertiary/aromatic N) is 4. The minimum absolute atomic E-state index is 0.107. The molecule has 0 fully saturated rings. The molecule has 4 heterocycles. The molecule has 0 saturated heterocycles. The summed E-state index contributed by atoms with van der Waals surface area (Å²) < 4.78 is 12.3. The average Bonchev–Trinajstić information content (AvgIpc) is 3.54. The van der Waals surface area contributed by atoms with E-state index >= 15 is 0 Å². The van der Waals surface area contributed by atoms with Crippen molar-refractivity contribution in [2.75, 3.05) is 7.05 Å². The van der Waals surface area contributed by atoms with Gasteiger partial charge in [-0.15, -0.1) is 0 Å². The van der Waals surface area contributed by atoms with E-state index in [9.17, 15) is 4.79 Å². The topological polar surface area (TPSA) is 99.0 Å². The third-order valence-electron chi connectivity index (χ3n) is 5.24. The summed E-state index contributed by atoms with van der Waals surface area (Å²) in [6.45, 7) is 1.22. The van der Waals surface area contributed by atoms with Gasteiger partial charge in [-0.05, 0) is 24.7 Å². The number of furan rings is 1. The number of pyridine rings is 1. The van der Waals surface area contributed by atoms with Crippen molar-refractivity contribution in [2.24, 2.45) is 0 Å². The zero-order valence-electron chi connectivity index (χ0n) is 17.9. The van der Waals surface area contributed by atoms with E-state index in [-0.39, 0.29) is 5.56 Å². The van der Waals surface area contributed by atoms with E-state index < -0.39 is 0 Å². The molecule has 0 radical (unpaired) electrons. The number of benzene rings is 1. The molecule has 164 valence electrons. The van der Waals surface area contributed by atoms with Gasteiger partial charge in [-0.3, -0.25) is 9.78 Å². The number of aromatic nitrogens is 4. The Balaban J connectivity index is 1.42. The van der Waals surface area contributed by atoms with E-state index in [1.54, 1.807) is 41.8 Å². The van der Waals surface area contributed by atoms with Crippen LogP contribution in [0.1, 0.15) is 11.1 Å². The Hall–Kier alpha value is -4.30. The molecular weight excluding hydrogens is 418 g/mol. The maximum absolute atomic E-state index is 12.3. The maximum atomic E-state index is 12.3. The lowest BCUT2D eigenvalue weighted by molar-refractivity contribution is 0.433. The van der Waals surface area contributed by atoms with Crippen molar-refractivity contribution in [1.82, 2.24) is 25.0 Å². The van der Waals surface area contributed by atoms with E-state index in [4.69, 9.17) is 8.94 Å². The molecule has 5 rings (SSSR count). The largest absolute Gasteiger partial charge is 0.472 e. The zero-order valence-corrected chi connectivity index (χ0v) is 17.9. The van der Waals surface area contributed by atoms with Crippen LogP contribution in [0, 0.1) is 0 Å². The van der Waals surface area contributed by atoms with Crippen molar-refractivity contribution in [3.05, 3.63) is 101 Å². The summed E-state index contributed by atoms with van der Waals surface area (Å²) in [5.74, 6) is 0.519. The van der Waals surface area contributed by atoms with E-state index in [0.29, 0.717) is 23.7 Å². The molecule has 1 aromatic carbocycles. The second-order valence-electron chi connectivity index (χ2n) is 7.61. The summed E-state index contributed by atoms with van der Waals surface area (Å²) >= 11 is 0. The minimum atomic E-state index is -0.107. The highest BCUT2D eigenvalue weighted by Crippen LogP contribution is 2.26. The van der Waals surface area contributed by atoms with Crippen molar-refractivity contribution in [2.45, 2.75) is 13.1 Å². The van der Waals surface area contributed by atoms with Gasteiger partial charge in [-0.25, -0.2) is 4.98 Å². The van der Waals surface area contributed by atoms with Crippen LogP contribution >= 0.6 is 0 Å². The highest BCUT2D eigenvalue weighted by atomic mass is 16.5. The molecule has 5 aromatic rings.